The van der Waals surface area contributed by atoms with Crippen molar-refractivity contribution in [1.29, 1.82) is 0 Å². The van der Waals surface area contributed by atoms with Crippen molar-refractivity contribution >= 4 is 17.7 Å². The summed E-state index contributed by atoms with van der Waals surface area (Å²) in [6, 6.07) is 8.65. The van der Waals surface area contributed by atoms with E-state index in [1.54, 1.807) is 31.3 Å². The third-order valence-electron chi connectivity index (χ3n) is 3.95. The third kappa shape index (κ3) is 3.71. The molecule has 4 nitrogen and oxygen atoms in total. The maximum atomic E-state index is 13.5. The zero-order valence-electron chi connectivity index (χ0n) is 13.8. The molecule has 2 aromatic carbocycles. The first-order chi connectivity index (χ1) is 12.0. The fraction of sp³-hybridized carbons (Fsp3) is 0.278. The largest absolute Gasteiger partial charge is 0.497 e. The molecular weight excluding hydrogens is 348 g/mol. The van der Waals surface area contributed by atoms with Crippen molar-refractivity contribution in [3.05, 3.63) is 59.2 Å². The van der Waals surface area contributed by atoms with Gasteiger partial charge in [-0.3, -0.25) is 4.79 Å². The summed E-state index contributed by atoms with van der Waals surface area (Å²) in [4.78, 5) is 13.9. The van der Waals surface area contributed by atoms with Crippen molar-refractivity contribution in [2.45, 2.75) is 11.9 Å². The Labute approximate surface area is 148 Å². The molecular formula is C18H17F2NO3S. The second-order valence-electron chi connectivity index (χ2n) is 5.57. The van der Waals surface area contributed by atoms with E-state index in [4.69, 9.17) is 9.47 Å². The number of amides is 1. The molecule has 1 saturated heterocycles. The number of nitrogens with zero attached hydrogens (tertiary/aromatic N) is 1. The van der Waals surface area contributed by atoms with E-state index in [9.17, 15) is 13.6 Å². The highest BCUT2D eigenvalue weighted by Gasteiger charge is 2.35. The number of hydrogen-bond acceptors (Lipinski definition) is 4. The number of halogens is 2. The molecule has 0 spiro atoms. The first-order valence-electron chi connectivity index (χ1n) is 7.60. The van der Waals surface area contributed by atoms with Crippen LogP contribution in [0.25, 0.3) is 0 Å². The van der Waals surface area contributed by atoms with E-state index in [1.165, 1.54) is 23.9 Å². The van der Waals surface area contributed by atoms with Gasteiger partial charge in [-0.25, -0.2) is 8.78 Å². The van der Waals surface area contributed by atoms with Crippen LogP contribution in [0.1, 0.15) is 16.5 Å². The Morgan fingerprint density at radius 1 is 1.12 bits per heavy atom. The fourth-order valence-corrected chi connectivity index (χ4v) is 4.02. The maximum Gasteiger partial charge on any atom is 0.234 e. The summed E-state index contributed by atoms with van der Waals surface area (Å²) >= 11 is 1.44. The quantitative estimate of drug-likeness (QED) is 0.809. The maximum absolute atomic E-state index is 13.5. The molecule has 1 amide bonds. The lowest BCUT2D eigenvalue weighted by Gasteiger charge is -2.26. The van der Waals surface area contributed by atoms with Crippen molar-refractivity contribution in [3.63, 3.8) is 0 Å². The predicted octanol–water partition coefficient (Wildman–Crippen LogP) is 3.76. The molecule has 1 unspecified atom stereocenters. The van der Waals surface area contributed by atoms with Gasteiger partial charge in [0.15, 0.2) is 0 Å². The van der Waals surface area contributed by atoms with Crippen LogP contribution < -0.4 is 9.47 Å². The minimum absolute atomic E-state index is 0.0930. The van der Waals surface area contributed by atoms with Crippen LogP contribution >= 0.6 is 11.8 Å². The lowest BCUT2D eigenvalue weighted by molar-refractivity contribution is -0.128. The van der Waals surface area contributed by atoms with Gasteiger partial charge in [0.05, 0.1) is 20.0 Å². The average molecular weight is 365 g/mol. The molecule has 1 aliphatic heterocycles. The summed E-state index contributed by atoms with van der Waals surface area (Å²) in [6.07, 6.45) is 0. The first kappa shape index (κ1) is 17.5. The molecule has 7 heteroatoms. The fourth-order valence-electron chi connectivity index (χ4n) is 2.81. The van der Waals surface area contributed by atoms with Gasteiger partial charge in [-0.05, 0) is 35.9 Å². The van der Waals surface area contributed by atoms with Crippen LogP contribution in [-0.2, 0) is 11.3 Å². The van der Waals surface area contributed by atoms with Gasteiger partial charge in [-0.15, -0.1) is 11.8 Å². The van der Waals surface area contributed by atoms with E-state index < -0.39 is 11.6 Å². The van der Waals surface area contributed by atoms with E-state index in [2.05, 4.69) is 0 Å². The highest BCUT2D eigenvalue weighted by atomic mass is 32.2. The Kier molecular flexibility index (Phi) is 5.13. The number of hydrogen-bond donors (Lipinski definition) is 0. The van der Waals surface area contributed by atoms with Crippen molar-refractivity contribution in [2.24, 2.45) is 0 Å². The Morgan fingerprint density at radius 2 is 1.84 bits per heavy atom. The van der Waals surface area contributed by atoms with E-state index in [0.717, 1.165) is 11.6 Å². The van der Waals surface area contributed by atoms with Crippen molar-refractivity contribution in [2.75, 3.05) is 20.0 Å². The van der Waals surface area contributed by atoms with Crippen molar-refractivity contribution in [3.8, 4) is 11.5 Å². The number of benzene rings is 2. The van der Waals surface area contributed by atoms with E-state index in [-0.39, 0.29) is 17.8 Å². The van der Waals surface area contributed by atoms with Crippen molar-refractivity contribution < 1.29 is 23.0 Å². The monoisotopic (exact) mass is 365 g/mol. The summed E-state index contributed by atoms with van der Waals surface area (Å²) in [7, 11) is 3.12. The molecule has 25 heavy (non-hydrogen) atoms. The Hall–Kier alpha value is -2.28. The Bertz CT molecular complexity index is 780. The molecule has 0 saturated carbocycles. The summed E-state index contributed by atoms with van der Waals surface area (Å²) in [5.74, 6) is 0.151. The van der Waals surface area contributed by atoms with Gasteiger partial charge in [0.2, 0.25) is 5.91 Å². The molecule has 1 heterocycles. The van der Waals surface area contributed by atoms with Gasteiger partial charge in [-0.2, -0.15) is 0 Å². The smallest absolute Gasteiger partial charge is 0.234 e. The minimum atomic E-state index is -0.662. The van der Waals surface area contributed by atoms with Gasteiger partial charge >= 0.3 is 0 Å². The molecule has 1 atom stereocenters. The van der Waals surface area contributed by atoms with Crippen LogP contribution in [0.4, 0.5) is 8.78 Å². The van der Waals surface area contributed by atoms with Gasteiger partial charge in [0, 0.05) is 18.2 Å². The normalized spacial score (nSPS) is 17.0. The molecule has 132 valence electrons. The summed E-state index contributed by atoms with van der Waals surface area (Å²) in [5, 5.41) is -0.316. The van der Waals surface area contributed by atoms with Crippen LogP contribution in [0, 0.1) is 11.6 Å². The highest BCUT2D eigenvalue weighted by molar-refractivity contribution is 8.00. The number of thioether (sulfide) groups is 1. The number of carbonyl (C=O) groups excluding carboxylic acids is 1. The zero-order chi connectivity index (χ0) is 18.0. The minimum Gasteiger partial charge on any atom is -0.497 e. The molecule has 0 N–H and O–H groups in total. The molecule has 0 aliphatic carbocycles. The molecule has 1 aliphatic rings. The standard InChI is InChI=1S/C18H17F2NO3S/c1-23-14-3-4-16(24-2)15(8-14)18-21(17(22)10-25-18)9-11-5-12(19)7-13(20)6-11/h3-8,18H,9-10H2,1-2H3. The van der Waals surface area contributed by atoms with Crippen LogP contribution in [0.15, 0.2) is 36.4 Å². The molecule has 1 fully saturated rings. The summed E-state index contributed by atoms with van der Waals surface area (Å²) in [6.45, 7) is 0.117. The number of rotatable bonds is 5. The Balaban J connectivity index is 1.94. The third-order valence-corrected chi connectivity index (χ3v) is 5.18. The predicted molar refractivity (Wildman–Crippen MR) is 91.7 cm³/mol. The van der Waals surface area contributed by atoms with Crippen LogP contribution in [0.5, 0.6) is 11.5 Å². The molecule has 0 aromatic heterocycles. The number of methoxy groups -OCH3 is 2. The molecule has 0 bridgehead atoms. The van der Waals surface area contributed by atoms with Crippen LogP contribution in [0.3, 0.4) is 0 Å². The average Bonchev–Trinajstić information content (AvgIpc) is 2.94. The van der Waals surface area contributed by atoms with Gasteiger partial charge in [0.25, 0.3) is 0 Å². The van der Waals surface area contributed by atoms with Crippen LogP contribution in [0.2, 0.25) is 0 Å². The number of carbonyl (C=O) groups is 1. The molecule has 0 radical (unpaired) electrons. The van der Waals surface area contributed by atoms with Gasteiger partial charge < -0.3 is 14.4 Å². The summed E-state index contributed by atoms with van der Waals surface area (Å²) < 4.78 is 37.6. The highest BCUT2D eigenvalue weighted by Crippen LogP contribution is 2.44. The Morgan fingerprint density at radius 3 is 2.48 bits per heavy atom. The lowest BCUT2D eigenvalue weighted by Crippen LogP contribution is -2.28. The lowest BCUT2D eigenvalue weighted by atomic mass is 10.1. The second kappa shape index (κ2) is 7.31. The molecule has 3 rings (SSSR count). The molecule has 2 aromatic rings. The topological polar surface area (TPSA) is 38.8 Å². The van der Waals surface area contributed by atoms with Crippen LogP contribution in [-0.4, -0.2) is 30.8 Å². The first-order valence-corrected chi connectivity index (χ1v) is 8.64. The van der Waals surface area contributed by atoms with E-state index in [0.29, 0.717) is 22.8 Å². The SMILES string of the molecule is COc1ccc(OC)c(C2SCC(=O)N2Cc2cc(F)cc(F)c2)c1. The van der Waals surface area contributed by atoms with E-state index in [1.807, 2.05) is 6.07 Å². The van der Waals surface area contributed by atoms with E-state index >= 15 is 0 Å². The van der Waals surface area contributed by atoms with Gasteiger partial charge in [0.1, 0.15) is 28.5 Å². The number of ether oxygens (including phenoxy) is 2. The van der Waals surface area contributed by atoms with Gasteiger partial charge in [-0.1, -0.05) is 0 Å². The zero-order valence-corrected chi connectivity index (χ0v) is 14.6. The summed E-state index contributed by atoms with van der Waals surface area (Å²) in [5.41, 5.74) is 1.19. The van der Waals surface area contributed by atoms with Crippen molar-refractivity contribution in [1.82, 2.24) is 4.90 Å². The second-order valence-corrected chi connectivity index (χ2v) is 6.64.